The van der Waals surface area contributed by atoms with Crippen molar-refractivity contribution in [2.24, 2.45) is 0 Å². The van der Waals surface area contributed by atoms with Gasteiger partial charge < -0.3 is 4.74 Å². The molecule has 0 spiro atoms. The molecule has 1 rings (SSSR count). The highest BCUT2D eigenvalue weighted by Gasteiger charge is 2.19. The third-order valence-corrected chi connectivity index (χ3v) is 1.46. The molecule has 0 aromatic heterocycles. The van der Waals surface area contributed by atoms with Gasteiger partial charge in [-0.25, -0.2) is 0 Å². The van der Waals surface area contributed by atoms with Crippen LogP contribution >= 0.6 is 23.2 Å². The van der Waals surface area contributed by atoms with Crippen molar-refractivity contribution in [3.63, 3.8) is 0 Å². The molecule has 0 bridgehead atoms. The smallest absolute Gasteiger partial charge is 0.221 e. The van der Waals surface area contributed by atoms with Gasteiger partial charge in [0, 0.05) is 6.42 Å². The van der Waals surface area contributed by atoms with Gasteiger partial charge in [0.1, 0.15) is 0 Å². The Morgan fingerprint density at radius 1 is 1.80 bits per heavy atom. The van der Waals surface area contributed by atoms with E-state index in [1.807, 2.05) is 0 Å². The van der Waals surface area contributed by atoms with Crippen LogP contribution in [0.15, 0.2) is 0 Å². The van der Waals surface area contributed by atoms with E-state index in [-0.39, 0.29) is 5.24 Å². The summed E-state index contributed by atoms with van der Waals surface area (Å²) in [5.74, 6) is 0.667. The highest BCUT2D eigenvalue weighted by molar-refractivity contribution is 6.63. The minimum absolute atomic E-state index is 0.273. The molecule has 0 aromatic rings. The van der Waals surface area contributed by atoms with Crippen molar-refractivity contribution in [2.75, 3.05) is 12.5 Å². The maximum Gasteiger partial charge on any atom is 0.221 e. The van der Waals surface area contributed by atoms with E-state index in [0.717, 1.165) is 6.61 Å². The van der Waals surface area contributed by atoms with Crippen LogP contribution in [0.4, 0.5) is 0 Å². The summed E-state index contributed by atoms with van der Waals surface area (Å²) in [7, 11) is 0. The average molecular weight is 185 g/mol. The molecular formula is C6H10Cl2O2. The fraction of sp³-hybridized carbons (Fsp3) is 0.833. The number of carbonyl (C=O) groups is 1. The summed E-state index contributed by atoms with van der Waals surface area (Å²) >= 11 is 10.1. The van der Waals surface area contributed by atoms with Gasteiger partial charge in [-0.05, 0) is 11.6 Å². The maximum absolute atomic E-state index is 9.58. The largest absolute Gasteiger partial charge is 0.372 e. The lowest BCUT2D eigenvalue weighted by atomic mass is 10.6. The molecule has 1 unspecified atom stereocenters. The number of halogens is 2. The van der Waals surface area contributed by atoms with Crippen LogP contribution in [0.3, 0.4) is 0 Å². The van der Waals surface area contributed by atoms with Crippen LogP contribution in [0.5, 0.6) is 0 Å². The van der Waals surface area contributed by atoms with Gasteiger partial charge in [0.15, 0.2) is 0 Å². The molecule has 60 valence electrons. The van der Waals surface area contributed by atoms with Gasteiger partial charge in [-0.1, -0.05) is 6.92 Å². The molecule has 1 fully saturated rings. The first-order chi connectivity index (χ1) is 4.70. The van der Waals surface area contributed by atoms with Crippen molar-refractivity contribution >= 4 is 28.4 Å². The Bertz CT molecular complexity index is 102. The van der Waals surface area contributed by atoms with Gasteiger partial charge in [0.25, 0.3) is 0 Å². The highest BCUT2D eigenvalue weighted by Crippen LogP contribution is 2.08. The van der Waals surface area contributed by atoms with Crippen LogP contribution in [-0.2, 0) is 9.53 Å². The van der Waals surface area contributed by atoms with Crippen LogP contribution in [0.2, 0.25) is 0 Å². The second-order valence-electron chi connectivity index (χ2n) is 1.82. The van der Waals surface area contributed by atoms with Crippen molar-refractivity contribution in [3.8, 4) is 0 Å². The minimum Gasteiger partial charge on any atom is -0.372 e. The number of rotatable bonds is 2. The van der Waals surface area contributed by atoms with Crippen LogP contribution in [0.1, 0.15) is 13.3 Å². The molecule has 0 aliphatic carbocycles. The lowest BCUT2D eigenvalue weighted by Crippen LogP contribution is -1.80. The second-order valence-corrected chi connectivity index (χ2v) is 2.55. The third-order valence-electron chi connectivity index (χ3n) is 0.852. The van der Waals surface area contributed by atoms with Crippen molar-refractivity contribution in [3.05, 3.63) is 0 Å². The Morgan fingerprint density at radius 2 is 2.20 bits per heavy atom. The lowest BCUT2D eigenvalue weighted by Gasteiger charge is -1.68. The summed E-state index contributed by atoms with van der Waals surface area (Å²) in [6, 6.07) is 0. The quantitative estimate of drug-likeness (QED) is 0.373. The Labute approximate surface area is 70.4 Å². The Hall–Kier alpha value is 0.210. The lowest BCUT2D eigenvalue weighted by molar-refractivity contribution is -0.111. The average Bonchev–Trinajstić information content (AvgIpc) is 2.70. The Morgan fingerprint density at radius 3 is 2.20 bits per heavy atom. The van der Waals surface area contributed by atoms with E-state index in [4.69, 9.17) is 27.9 Å². The van der Waals surface area contributed by atoms with Crippen molar-refractivity contribution in [2.45, 2.75) is 19.4 Å². The number of alkyl halides is 1. The number of epoxide rings is 1. The van der Waals surface area contributed by atoms with Crippen LogP contribution < -0.4 is 0 Å². The number of carbonyl (C=O) groups excluding carboxylic acids is 1. The van der Waals surface area contributed by atoms with E-state index in [9.17, 15) is 4.79 Å². The SMILES string of the molecule is CCC(=O)Cl.ClCC1CO1. The second kappa shape index (κ2) is 5.96. The van der Waals surface area contributed by atoms with E-state index in [2.05, 4.69) is 0 Å². The molecule has 4 heteroatoms. The maximum atomic E-state index is 9.58. The molecule has 2 nitrogen and oxygen atoms in total. The van der Waals surface area contributed by atoms with E-state index in [1.165, 1.54) is 0 Å². The zero-order valence-corrected chi connectivity index (χ0v) is 7.28. The molecule has 1 aliphatic rings. The standard InChI is InChI=1S/2C3H5ClO/c4-1-3-2-5-3;1-2-3(4)5/h3H,1-2H2;2H2,1H3. The van der Waals surface area contributed by atoms with E-state index < -0.39 is 0 Å². The third kappa shape index (κ3) is 8.21. The van der Waals surface area contributed by atoms with E-state index in [1.54, 1.807) is 6.92 Å². The first-order valence-corrected chi connectivity index (χ1v) is 3.97. The summed E-state index contributed by atoms with van der Waals surface area (Å²) < 4.78 is 4.73. The molecule has 1 heterocycles. The van der Waals surface area contributed by atoms with Gasteiger partial charge in [0.2, 0.25) is 5.24 Å². The predicted octanol–water partition coefficient (Wildman–Crippen LogP) is 1.79. The fourth-order valence-electron chi connectivity index (χ4n) is 0.157. The molecule has 1 saturated heterocycles. The number of hydrogen-bond acceptors (Lipinski definition) is 2. The summed E-state index contributed by atoms with van der Waals surface area (Å²) in [4.78, 5) is 9.58. The first-order valence-electron chi connectivity index (χ1n) is 3.06. The van der Waals surface area contributed by atoms with E-state index >= 15 is 0 Å². The molecule has 1 aliphatic heterocycles. The zero-order valence-electron chi connectivity index (χ0n) is 5.77. The molecular weight excluding hydrogens is 175 g/mol. The van der Waals surface area contributed by atoms with Crippen molar-refractivity contribution in [1.29, 1.82) is 0 Å². The number of hydrogen-bond donors (Lipinski definition) is 0. The highest BCUT2D eigenvalue weighted by atomic mass is 35.5. The fourth-order valence-corrected chi connectivity index (χ4v) is 0.335. The molecule has 0 saturated carbocycles. The molecule has 10 heavy (non-hydrogen) atoms. The Kier molecular flexibility index (Phi) is 6.08. The predicted molar refractivity (Wildman–Crippen MR) is 41.6 cm³/mol. The Balaban J connectivity index is 0.000000162. The summed E-state index contributed by atoms with van der Waals surface area (Å²) in [5.41, 5.74) is 0. The van der Waals surface area contributed by atoms with Crippen LogP contribution in [0.25, 0.3) is 0 Å². The topological polar surface area (TPSA) is 29.6 Å². The van der Waals surface area contributed by atoms with Gasteiger partial charge in [-0.3, -0.25) is 4.79 Å². The molecule has 0 radical (unpaired) electrons. The van der Waals surface area contributed by atoms with Crippen molar-refractivity contribution < 1.29 is 9.53 Å². The molecule has 0 N–H and O–H groups in total. The van der Waals surface area contributed by atoms with Crippen LogP contribution in [0, 0.1) is 0 Å². The van der Waals surface area contributed by atoms with E-state index in [0.29, 0.717) is 18.4 Å². The number of ether oxygens (including phenoxy) is 1. The van der Waals surface area contributed by atoms with Gasteiger partial charge in [-0.15, -0.1) is 11.6 Å². The molecule has 1 atom stereocenters. The summed E-state index contributed by atoms with van der Waals surface area (Å²) in [5, 5.41) is -0.273. The monoisotopic (exact) mass is 184 g/mol. The zero-order chi connectivity index (χ0) is 7.98. The van der Waals surface area contributed by atoms with Gasteiger partial charge >= 0.3 is 0 Å². The normalized spacial score (nSPS) is 20.9. The minimum atomic E-state index is -0.273. The van der Waals surface area contributed by atoms with Gasteiger partial charge in [-0.2, -0.15) is 0 Å². The summed E-state index contributed by atoms with van der Waals surface area (Å²) in [6.07, 6.45) is 0.832. The van der Waals surface area contributed by atoms with Crippen molar-refractivity contribution in [1.82, 2.24) is 0 Å². The van der Waals surface area contributed by atoms with Crippen LogP contribution in [-0.4, -0.2) is 23.8 Å². The first kappa shape index (κ1) is 10.2. The molecule has 0 amide bonds. The van der Waals surface area contributed by atoms with Gasteiger partial charge in [0.05, 0.1) is 18.6 Å². The molecule has 0 aromatic carbocycles. The summed E-state index contributed by atoms with van der Waals surface area (Å²) in [6.45, 7) is 2.60.